The van der Waals surface area contributed by atoms with E-state index in [0.717, 1.165) is 5.52 Å². The van der Waals surface area contributed by atoms with Gasteiger partial charge >= 0.3 is 5.69 Å². The normalized spacial score (nSPS) is 17.2. The highest BCUT2D eigenvalue weighted by Gasteiger charge is 2.32. The van der Waals surface area contributed by atoms with Gasteiger partial charge in [-0.1, -0.05) is 0 Å². The molecule has 3 aromatic heterocycles. The molecule has 1 amide bonds. The van der Waals surface area contributed by atoms with Crippen molar-refractivity contribution in [1.29, 1.82) is 0 Å². The van der Waals surface area contributed by atoms with Crippen LogP contribution < -0.4 is 5.69 Å². The van der Waals surface area contributed by atoms with Crippen molar-refractivity contribution in [3.05, 3.63) is 58.7 Å². The third-order valence-corrected chi connectivity index (χ3v) is 4.82. The largest absolute Gasteiger partial charge is 0.335 e. The van der Waals surface area contributed by atoms with Gasteiger partial charge in [-0.3, -0.25) is 13.9 Å². The highest BCUT2D eigenvalue weighted by Crippen LogP contribution is 2.25. The second-order valence-electron chi connectivity index (χ2n) is 6.27. The van der Waals surface area contributed by atoms with E-state index in [-0.39, 0.29) is 17.4 Å². The van der Waals surface area contributed by atoms with E-state index in [1.807, 2.05) is 13.0 Å². The van der Waals surface area contributed by atoms with Crippen LogP contribution in [0.3, 0.4) is 0 Å². The monoisotopic (exact) mass is 355 g/mol. The fourth-order valence-corrected chi connectivity index (χ4v) is 3.57. The molecular weight excluding hydrogens is 337 g/mol. The molecule has 1 fully saturated rings. The smallest absolute Gasteiger partial charge is 0.330 e. The van der Waals surface area contributed by atoms with Gasteiger partial charge in [0.15, 0.2) is 17.2 Å². The number of pyridine rings is 2. The number of aromatic nitrogens is 4. The number of rotatable bonds is 3. The van der Waals surface area contributed by atoms with Crippen molar-refractivity contribution in [2.75, 3.05) is 13.1 Å². The lowest BCUT2D eigenvalue weighted by Gasteiger charge is -2.16. The van der Waals surface area contributed by atoms with E-state index in [2.05, 4.69) is 9.97 Å². The Labute approximate surface area is 148 Å². The van der Waals surface area contributed by atoms with Gasteiger partial charge in [0.2, 0.25) is 0 Å². The quantitative estimate of drug-likeness (QED) is 0.719. The number of carbonyl (C=O) groups is 1. The van der Waals surface area contributed by atoms with Crippen LogP contribution in [0.5, 0.6) is 0 Å². The second kappa shape index (κ2) is 6.36. The minimum atomic E-state index is -0.637. The molecule has 0 spiro atoms. The first-order valence-electron chi connectivity index (χ1n) is 8.57. The summed E-state index contributed by atoms with van der Waals surface area (Å²) in [4.78, 5) is 35.1. The predicted molar refractivity (Wildman–Crippen MR) is 93.4 cm³/mol. The number of hydrogen-bond donors (Lipinski definition) is 0. The maximum atomic E-state index is 13.9. The number of aryl methyl sites for hydroxylation is 1. The van der Waals surface area contributed by atoms with Crippen LogP contribution in [0.1, 0.15) is 29.9 Å². The van der Waals surface area contributed by atoms with Crippen molar-refractivity contribution in [1.82, 2.24) is 24.0 Å². The molecule has 1 aliphatic heterocycles. The first-order valence-corrected chi connectivity index (χ1v) is 8.57. The average Bonchev–Trinajstić information content (AvgIpc) is 3.23. The average molecular weight is 355 g/mol. The van der Waals surface area contributed by atoms with Crippen LogP contribution in [-0.2, 0) is 6.54 Å². The van der Waals surface area contributed by atoms with Gasteiger partial charge in [0.25, 0.3) is 5.91 Å². The Morgan fingerprint density at radius 1 is 1.27 bits per heavy atom. The molecule has 0 aromatic carbocycles. The van der Waals surface area contributed by atoms with Gasteiger partial charge in [-0.2, -0.15) is 0 Å². The number of nitrogens with zero attached hydrogens (tertiary/aromatic N) is 5. The molecule has 3 aromatic rings. The molecule has 0 unspecified atom stereocenters. The van der Waals surface area contributed by atoms with Crippen molar-refractivity contribution in [2.24, 2.45) is 0 Å². The molecule has 0 saturated carbocycles. The van der Waals surface area contributed by atoms with Gasteiger partial charge in [-0.05, 0) is 37.6 Å². The summed E-state index contributed by atoms with van der Waals surface area (Å²) in [7, 11) is 0. The van der Waals surface area contributed by atoms with Crippen LogP contribution in [0.15, 0.2) is 41.5 Å². The number of halogens is 1. The molecule has 134 valence electrons. The SMILES string of the molecule is CCn1c(=O)n([C@@H]2CCN(C(=O)c3ncccc3F)C2)c2ncccc21. The maximum absolute atomic E-state index is 13.9. The van der Waals surface area contributed by atoms with Crippen molar-refractivity contribution < 1.29 is 9.18 Å². The van der Waals surface area contributed by atoms with Crippen molar-refractivity contribution in [2.45, 2.75) is 25.9 Å². The molecule has 1 atom stereocenters. The topological polar surface area (TPSA) is 73.0 Å². The Kier molecular flexibility index (Phi) is 4.02. The number of carbonyl (C=O) groups excluding carboxylic acids is 1. The number of imidazole rings is 1. The van der Waals surface area contributed by atoms with Crippen LogP contribution in [0.25, 0.3) is 11.2 Å². The number of amides is 1. The summed E-state index contributed by atoms with van der Waals surface area (Å²) in [6.07, 6.45) is 3.66. The van der Waals surface area contributed by atoms with Gasteiger partial charge in [0.05, 0.1) is 11.6 Å². The van der Waals surface area contributed by atoms with E-state index in [1.165, 1.54) is 18.3 Å². The molecule has 0 N–H and O–H groups in total. The van der Waals surface area contributed by atoms with Crippen molar-refractivity contribution in [3.63, 3.8) is 0 Å². The van der Waals surface area contributed by atoms with Crippen LogP contribution in [0, 0.1) is 5.82 Å². The lowest BCUT2D eigenvalue weighted by Crippen LogP contribution is -2.33. The van der Waals surface area contributed by atoms with E-state index in [0.29, 0.717) is 31.7 Å². The Bertz CT molecular complexity index is 1040. The third kappa shape index (κ3) is 2.49. The van der Waals surface area contributed by atoms with Gasteiger partial charge < -0.3 is 4.90 Å². The molecule has 7 nitrogen and oxygen atoms in total. The van der Waals surface area contributed by atoms with Crippen LogP contribution >= 0.6 is 0 Å². The molecule has 0 bridgehead atoms. The Hall–Kier alpha value is -3.03. The minimum Gasteiger partial charge on any atom is -0.335 e. The summed E-state index contributed by atoms with van der Waals surface area (Å²) < 4.78 is 17.2. The zero-order valence-electron chi connectivity index (χ0n) is 14.3. The molecule has 1 aliphatic rings. The molecule has 0 aliphatic carbocycles. The number of likely N-dealkylation sites (tertiary alicyclic amines) is 1. The highest BCUT2D eigenvalue weighted by molar-refractivity contribution is 5.92. The minimum absolute atomic E-state index is 0.135. The zero-order valence-corrected chi connectivity index (χ0v) is 14.3. The molecule has 0 radical (unpaired) electrons. The summed E-state index contributed by atoms with van der Waals surface area (Å²) in [5.74, 6) is -1.09. The maximum Gasteiger partial charge on any atom is 0.330 e. The number of fused-ring (bicyclic) bond motifs is 1. The van der Waals surface area contributed by atoms with Crippen LogP contribution in [0.4, 0.5) is 4.39 Å². The molecule has 4 heterocycles. The lowest BCUT2D eigenvalue weighted by molar-refractivity contribution is 0.0776. The van der Waals surface area contributed by atoms with Crippen molar-refractivity contribution in [3.8, 4) is 0 Å². The summed E-state index contributed by atoms with van der Waals surface area (Å²) >= 11 is 0. The fraction of sp³-hybridized carbons (Fsp3) is 0.333. The van der Waals surface area contributed by atoms with Gasteiger partial charge in [-0.25, -0.2) is 19.2 Å². The fourth-order valence-electron chi connectivity index (χ4n) is 3.57. The predicted octanol–water partition coefficient (Wildman–Crippen LogP) is 1.84. The lowest BCUT2D eigenvalue weighted by atomic mass is 10.2. The van der Waals surface area contributed by atoms with E-state index >= 15 is 0 Å². The van der Waals surface area contributed by atoms with Crippen LogP contribution in [-0.4, -0.2) is 43.0 Å². The third-order valence-electron chi connectivity index (χ3n) is 4.82. The number of hydrogen-bond acceptors (Lipinski definition) is 4. The first kappa shape index (κ1) is 16.4. The van der Waals surface area contributed by atoms with E-state index < -0.39 is 11.7 Å². The Morgan fingerprint density at radius 2 is 2.04 bits per heavy atom. The standard InChI is InChI=1S/C18H18FN5O2/c1-2-23-14-6-4-9-21-16(14)24(18(23)26)12-7-10-22(11-12)17(25)15-13(19)5-3-8-20-15/h3-6,8-9,12H,2,7,10-11H2,1H3/t12-/m1/s1. The molecule has 8 heteroatoms. The molecular formula is C18H18FN5O2. The first-order chi connectivity index (χ1) is 12.6. The molecule has 26 heavy (non-hydrogen) atoms. The zero-order chi connectivity index (χ0) is 18.3. The van der Waals surface area contributed by atoms with E-state index in [9.17, 15) is 14.0 Å². The molecule has 4 rings (SSSR count). The highest BCUT2D eigenvalue weighted by atomic mass is 19.1. The Balaban J connectivity index is 1.67. The van der Waals surface area contributed by atoms with Gasteiger partial charge in [0, 0.05) is 32.0 Å². The molecule has 1 saturated heterocycles. The Morgan fingerprint density at radius 3 is 2.81 bits per heavy atom. The van der Waals surface area contributed by atoms with Gasteiger partial charge in [0.1, 0.15) is 0 Å². The summed E-state index contributed by atoms with van der Waals surface area (Å²) in [6.45, 7) is 3.22. The second-order valence-corrected chi connectivity index (χ2v) is 6.27. The van der Waals surface area contributed by atoms with Gasteiger partial charge in [-0.15, -0.1) is 0 Å². The summed E-state index contributed by atoms with van der Waals surface area (Å²) in [6, 6.07) is 6.14. The van der Waals surface area contributed by atoms with Crippen molar-refractivity contribution >= 4 is 17.1 Å². The van der Waals surface area contributed by atoms with E-state index in [1.54, 1.807) is 26.3 Å². The van der Waals surface area contributed by atoms with Crippen LogP contribution in [0.2, 0.25) is 0 Å². The summed E-state index contributed by atoms with van der Waals surface area (Å²) in [5, 5.41) is 0. The van der Waals surface area contributed by atoms with E-state index in [4.69, 9.17) is 0 Å². The summed E-state index contributed by atoms with van der Waals surface area (Å²) in [5.41, 5.74) is 1.07.